The van der Waals surface area contributed by atoms with Crippen molar-refractivity contribution in [2.45, 2.75) is 58.5 Å². The molecule has 0 saturated carbocycles. The van der Waals surface area contributed by atoms with Gasteiger partial charge in [-0.05, 0) is 30.4 Å². The van der Waals surface area contributed by atoms with Crippen LogP contribution in [0.4, 0.5) is 0 Å². The Morgan fingerprint density at radius 2 is 1.68 bits per heavy atom. The summed E-state index contributed by atoms with van der Waals surface area (Å²) in [6, 6.07) is 7.99. The molecule has 0 aliphatic rings. The number of nitrogens with one attached hydrogen (secondary N) is 1. The lowest BCUT2D eigenvalue weighted by Gasteiger charge is -2.18. The number of hydrogen-bond acceptors (Lipinski definition) is 2. The van der Waals surface area contributed by atoms with Crippen LogP contribution in [0.5, 0.6) is 0 Å². The minimum atomic E-state index is -0.401. The monoisotopic (exact) mass is 262 g/mol. The molecule has 19 heavy (non-hydrogen) atoms. The van der Waals surface area contributed by atoms with Crippen LogP contribution in [-0.2, 0) is 4.79 Å². The summed E-state index contributed by atoms with van der Waals surface area (Å²) in [5.74, 6) is 0.458. The lowest BCUT2D eigenvalue weighted by Crippen LogP contribution is -2.41. The van der Waals surface area contributed by atoms with Crippen molar-refractivity contribution in [1.82, 2.24) is 5.32 Å². The Morgan fingerprint density at radius 1 is 1.16 bits per heavy atom. The molecule has 1 aromatic rings. The second-order valence-electron chi connectivity index (χ2n) is 5.45. The third kappa shape index (κ3) is 4.67. The zero-order valence-corrected chi connectivity index (χ0v) is 12.4. The topological polar surface area (TPSA) is 55.1 Å². The molecule has 0 aromatic heterocycles. The van der Waals surface area contributed by atoms with Gasteiger partial charge < -0.3 is 11.1 Å². The fraction of sp³-hybridized carbons (Fsp3) is 0.562. The average Bonchev–Trinajstić information content (AvgIpc) is 2.38. The van der Waals surface area contributed by atoms with Gasteiger partial charge in [0.15, 0.2) is 0 Å². The van der Waals surface area contributed by atoms with Crippen molar-refractivity contribution in [3.63, 3.8) is 0 Å². The summed E-state index contributed by atoms with van der Waals surface area (Å²) >= 11 is 0. The largest absolute Gasteiger partial charge is 0.348 e. The predicted octanol–water partition coefficient (Wildman–Crippen LogP) is 3.11. The number of carbonyl (C=O) groups excluding carboxylic acids is 1. The van der Waals surface area contributed by atoms with E-state index < -0.39 is 6.04 Å². The van der Waals surface area contributed by atoms with Gasteiger partial charge in [0, 0.05) is 0 Å². The van der Waals surface area contributed by atoms with E-state index in [0.717, 1.165) is 18.4 Å². The molecule has 0 heterocycles. The minimum Gasteiger partial charge on any atom is -0.348 e. The quantitative estimate of drug-likeness (QED) is 0.827. The van der Waals surface area contributed by atoms with Gasteiger partial charge >= 0.3 is 0 Å². The van der Waals surface area contributed by atoms with Gasteiger partial charge in [0.05, 0.1) is 12.1 Å². The Labute approximate surface area is 116 Å². The van der Waals surface area contributed by atoms with Crippen molar-refractivity contribution < 1.29 is 4.79 Å². The van der Waals surface area contributed by atoms with Crippen LogP contribution in [0, 0.1) is 0 Å². The van der Waals surface area contributed by atoms with Crippen molar-refractivity contribution in [2.24, 2.45) is 5.73 Å². The van der Waals surface area contributed by atoms with Crippen LogP contribution >= 0.6 is 0 Å². The Bertz CT molecular complexity index is 398. The van der Waals surface area contributed by atoms with Crippen molar-refractivity contribution >= 4 is 5.91 Å². The lowest BCUT2D eigenvalue weighted by molar-refractivity contribution is -0.123. The molecule has 1 aromatic carbocycles. The summed E-state index contributed by atoms with van der Waals surface area (Å²) in [5, 5.41) is 2.97. The molecule has 3 nitrogen and oxygen atoms in total. The van der Waals surface area contributed by atoms with Crippen molar-refractivity contribution in [1.29, 1.82) is 0 Å². The molecule has 0 aliphatic carbocycles. The van der Waals surface area contributed by atoms with Gasteiger partial charge in [-0.25, -0.2) is 0 Å². The van der Waals surface area contributed by atoms with Gasteiger partial charge in [-0.2, -0.15) is 0 Å². The van der Waals surface area contributed by atoms with E-state index in [-0.39, 0.29) is 11.9 Å². The fourth-order valence-corrected chi connectivity index (χ4v) is 2.02. The molecule has 106 valence electrons. The molecule has 0 bridgehead atoms. The van der Waals surface area contributed by atoms with E-state index in [4.69, 9.17) is 5.73 Å². The highest BCUT2D eigenvalue weighted by Gasteiger charge is 2.15. The lowest BCUT2D eigenvalue weighted by atomic mass is 9.99. The molecule has 0 aliphatic heterocycles. The van der Waals surface area contributed by atoms with Crippen LogP contribution in [0.15, 0.2) is 24.3 Å². The number of benzene rings is 1. The Hall–Kier alpha value is -1.35. The molecule has 1 amide bonds. The van der Waals surface area contributed by atoms with Crippen LogP contribution < -0.4 is 11.1 Å². The molecule has 1 unspecified atom stereocenters. The Kier molecular flexibility index (Phi) is 6.03. The molecule has 1 rings (SSSR count). The molecule has 2 atom stereocenters. The van der Waals surface area contributed by atoms with Crippen molar-refractivity contribution in [3.05, 3.63) is 35.4 Å². The van der Waals surface area contributed by atoms with Gasteiger partial charge in [-0.3, -0.25) is 4.79 Å². The molecule has 3 heteroatoms. The first-order valence-corrected chi connectivity index (χ1v) is 7.11. The summed E-state index contributed by atoms with van der Waals surface area (Å²) in [6.45, 7) is 8.36. The van der Waals surface area contributed by atoms with Crippen LogP contribution in [0.3, 0.4) is 0 Å². The van der Waals surface area contributed by atoms with E-state index in [1.54, 1.807) is 0 Å². The molecular formula is C16H26N2O. The maximum atomic E-state index is 11.9. The van der Waals surface area contributed by atoms with Crippen molar-refractivity contribution in [2.75, 3.05) is 0 Å². The molecule has 3 N–H and O–H groups in total. The standard InChI is InChI=1S/C16H26N2O/c1-5-6-15(17)16(19)18-12(4)14-9-7-13(8-10-14)11(2)3/h7-12,15H,5-6,17H2,1-4H3,(H,18,19)/t12?,15-/m0/s1. The van der Waals surface area contributed by atoms with Crippen LogP contribution in [0.1, 0.15) is 63.6 Å². The molecule has 0 spiro atoms. The van der Waals surface area contributed by atoms with E-state index in [2.05, 4.69) is 43.4 Å². The first kappa shape index (κ1) is 15.7. The van der Waals surface area contributed by atoms with E-state index in [1.165, 1.54) is 5.56 Å². The minimum absolute atomic E-state index is 0.00313. The van der Waals surface area contributed by atoms with Gasteiger partial charge in [-0.1, -0.05) is 51.5 Å². The second-order valence-corrected chi connectivity index (χ2v) is 5.45. The highest BCUT2D eigenvalue weighted by atomic mass is 16.2. The first-order valence-electron chi connectivity index (χ1n) is 7.11. The summed E-state index contributed by atoms with van der Waals surface area (Å²) in [4.78, 5) is 11.9. The van der Waals surface area contributed by atoms with Crippen LogP contribution in [0.2, 0.25) is 0 Å². The third-order valence-electron chi connectivity index (χ3n) is 3.40. The highest BCUT2D eigenvalue weighted by molar-refractivity contribution is 5.81. The van der Waals surface area contributed by atoms with E-state index >= 15 is 0 Å². The van der Waals surface area contributed by atoms with Crippen LogP contribution in [-0.4, -0.2) is 11.9 Å². The summed E-state index contributed by atoms with van der Waals surface area (Å²) in [7, 11) is 0. The predicted molar refractivity (Wildman–Crippen MR) is 80.0 cm³/mol. The molecule has 0 fully saturated rings. The SMILES string of the molecule is CCC[C@H](N)C(=O)NC(C)c1ccc(C(C)C)cc1. The number of rotatable bonds is 6. The third-order valence-corrected chi connectivity index (χ3v) is 3.40. The Morgan fingerprint density at radius 3 is 2.16 bits per heavy atom. The van der Waals surface area contributed by atoms with E-state index in [9.17, 15) is 4.79 Å². The number of carbonyl (C=O) groups is 1. The fourth-order valence-electron chi connectivity index (χ4n) is 2.02. The first-order chi connectivity index (χ1) is 8.95. The number of nitrogens with two attached hydrogens (primary N) is 1. The van der Waals surface area contributed by atoms with Crippen LogP contribution in [0.25, 0.3) is 0 Å². The average molecular weight is 262 g/mol. The van der Waals surface area contributed by atoms with E-state index in [0.29, 0.717) is 5.92 Å². The second kappa shape index (κ2) is 7.29. The molecular weight excluding hydrogens is 236 g/mol. The molecule has 0 radical (unpaired) electrons. The normalized spacial score (nSPS) is 14.2. The summed E-state index contributed by atoms with van der Waals surface area (Å²) < 4.78 is 0. The zero-order valence-electron chi connectivity index (χ0n) is 12.4. The Balaban J connectivity index is 2.62. The van der Waals surface area contributed by atoms with Gasteiger partial charge in [0.1, 0.15) is 0 Å². The van der Waals surface area contributed by atoms with Gasteiger partial charge in [0.2, 0.25) is 5.91 Å². The number of hydrogen-bond donors (Lipinski definition) is 2. The summed E-state index contributed by atoms with van der Waals surface area (Å²) in [5.41, 5.74) is 8.23. The maximum Gasteiger partial charge on any atom is 0.237 e. The zero-order chi connectivity index (χ0) is 14.4. The molecule has 0 saturated heterocycles. The van der Waals surface area contributed by atoms with Gasteiger partial charge in [0.25, 0.3) is 0 Å². The van der Waals surface area contributed by atoms with Crippen molar-refractivity contribution in [3.8, 4) is 0 Å². The number of amides is 1. The highest BCUT2D eigenvalue weighted by Crippen LogP contribution is 2.18. The smallest absolute Gasteiger partial charge is 0.237 e. The summed E-state index contributed by atoms with van der Waals surface area (Å²) in [6.07, 6.45) is 1.65. The van der Waals surface area contributed by atoms with Gasteiger partial charge in [-0.15, -0.1) is 0 Å². The maximum absolute atomic E-state index is 11.9. The van der Waals surface area contributed by atoms with E-state index in [1.807, 2.05) is 13.8 Å².